The van der Waals surface area contributed by atoms with Gasteiger partial charge in [-0.1, -0.05) is 0 Å². The van der Waals surface area contributed by atoms with Crippen molar-refractivity contribution in [2.45, 2.75) is 31.3 Å². The Kier molecular flexibility index (Phi) is 2.64. The molecule has 3 rings (SSSR count). The third-order valence-corrected chi connectivity index (χ3v) is 4.10. The molecule has 1 N–H and O–H groups in total. The molecule has 1 unspecified atom stereocenters. The molecule has 0 radical (unpaired) electrons. The van der Waals surface area contributed by atoms with E-state index in [2.05, 4.69) is 5.32 Å². The molecule has 0 bridgehead atoms. The Morgan fingerprint density at radius 2 is 2.12 bits per heavy atom. The molecule has 4 heteroatoms. The first-order chi connectivity index (χ1) is 7.77. The van der Waals surface area contributed by atoms with E-state index in [1.807, 2.05) is 4.90 Å². The summed E-state index contributed by atoms with van der Waals surface area (Å²) in [5.41, 5.74) is 0.0932. The van der Waals surface area contributed by atoms with Crippen LogP contribution in [0.3, 0.4) is 0 Å². The van der Waals surface area contributed by atoms with Crippen molar-refractivity contribution in [3.05, 3.63) is 0 Å². The largest absolute Gasteiger partial charge is 0.372 e. The molecular formula is C12H20N2O2. The van der Waals surface area contributed by atoms with Crippen LogP contribution in [0.4, 0.5) is 0 Å². The van der Waals surface area contributed by atoms with E-state index in [-0.39, 0.29) is 5.60 Å². The van der Waals surface area contributed by atoms with Crippen LogP contribution < -0.4 is 5.32 Å². The van der Waals surface area contributed by atoms with Gasteiger partial charge in [-0.2, -0.15) is 0 Å². The van der Waals surface area contributed by atoms with Gasteiger partial charge in [0.2, 0.25) is 5.91 Å². The average Bonchev–Trinajstić information content (AvgIpc) is 2.84. The highest BCUT2D eigenvalue weighted by atomic mass is 16.5. The van der Waals surface area contributed by atoms with Crippen molar-refractivity contribution >= 4 is 5.91 Å². The molecule has 90 valence electrons. The summed E-state index contributed by atoms with van der Waals surface area (Å²) in [7, 11) is 0. The van der Waals surface area contributed by atoms with Gasteiger partial charge in [0.25, 0.3) is 0 Å². The SMILES string of the molecule is O=C(CC1COC2(CNC2)C1)N1CCCC1. The van der Waals surface area contributed by atoms with E-state index >= 15 is 0 Å². The molecule has 0 aromatic rings. The van der Waals surface area contributed by atoms with E-state index in [0.717, 1.165) is 39.2 Å². The fraction of sp³-hybridized carbons (Fsp3) is 0.917. The van der Waals surface area contributed by atoms with Crippen LogP contribution in [0.5, 0.6) is 0 Å². The van der Waals surface area contributed by atoms with Gasteiger partial charge in [0.05, 0.1) is 12.2 Å². The zero-order valence-electron chi connectivity index (χ0n) is 9.71. The number of nitrogens with zero attached hydrogens (tertiary/aromatic N) is 1. The molecule has 1 spiro atoms. The van der Waals surface area contributed by atoms with Crippen LogP contribution in [0.1, 0.15) is 25.7 Å². The predicted octanol–water partition coefficient (Wildman–Crippen LogP) is 0.377. The van der Waals surface area contributed by atoms with Gasteiger partial charge >= 0.3 is 0 Å². The molecule has 16 heavy (non-hydrogen) atoms. The third kappa shape index (κ3) is 1.84. The van der Waals surface area contributed by atoms with Crippen LogP contribution >= 0.6 is 0 Å². The lowest BCUT2D eigenvalue weighted by atomic mass is 9.87. The Morgan fingerprint density at radius 3 is 2.69 bits per heavy atom. The summed E-state index contributed by atoms with van der Waals surface area (Å²) in [5.74, 6) is 0.797. The number of hydrogen-bond donors (Lipinski definition) is 1. The molecule has 3 aliphatic heterocycles. The number of carbonyl (C=O) groups excluding carboxylic acids is 1. The minimum absolute atomic E-state index is 0.0932. The molecule has 0 saturated carbocycles. The standard InChI is InChI=1S/C12H20N2O2/c15-11(14-3-1-2-4-14)5-10-6-12(16-7-10)8-13-9-12/h10,13H,1-9H2. The van der Waals surface area contributed by atoms with E-state index in [9.17, 15) is 4.79 Å². The zero-order valence-corrected chi connectivity index (χ0v) is 9.71. The summed E-state index contributed by atoms with van der Waals surface area (Å²) in [4.78, 5) is 14.0. The maximum atomic E-state index is 12.0. The van der Waals surface area contributed by atoms with Gasteiger partial charge < -0.3 is 15.0 Å². The summed E-state index contributed by atoms with van der Waals surface area (Å²) in [6.07, 6.45) is 4.13. The van der Waals surface area contributed by atoms with Gasteiger partial charge in [-0.15, -0.1) is 0 Å². The highest BCUT2D eigenvalue weighted by Gasteiger charge is 2.45. The molecule has 3 fully saturated rings. The van der Waals surface area contributed by atoms with Crippen molar-refractivity contribution in [1.29, 1.82) is 0 Å². The molecule has 0 aromatic heterocycles. The summed E-state index contributed by atoms with van der Waals surface area (Å²) in [6, 6.07) is 0. The number of amides is 1. The summed E-state index contributed by atoms with van der Waals surface area (Å²) in [5, 5.41) is 3.25. The monoisotopic (exact) mass is 224 g/mol. The van der Waals surface area contributed by atoms with Crippen LogP contribution in [-0.2, 0) is 9.53 Å². The second kappa shape index (κ2) is 4.00. The van der Waals surface area contributed by atoms with Crippen molar-refractivity contribution in [1.82, 2.24) is 10.2 Å². The first kappa shape index (κ1) is 10.5. The van der Waals surface area contributed by atoms with E-state index in [0.29, 0.717) is 18.2 Å². The fourth-order valence-corrected chi connectivity index (χ4v) is 3.06. The van der Waals surface area contributed by atoms with Crippen molar-refractivity contribution in [2.75, 3.05) is 32.8 Å². The van der Waals surface area contributed by atoms with Gasteiger partial charge in [-0.3, -0.25) is 4.79 Å². The van der Waals surface area contributed by atoms with E-state index < -0.39 is 0 Å². The number of rotatable bonds is 2. The molecule has 3 heterocycles. The quantitative estimate of drug-likeness (QED) is 0.737. The summed E-state index contributed by atoms with van der Waals surface area (Å²) >= 11 is 0. The van der Waals surface area contributed by atoms with E-state index in [1.165, 1.54) is 12.8 Å². The van der Waals surface area contributed by atoms with Crippen LogP contribution in [0.15, 0.2) is 0 Å². The number of carbonyl (C=O) groups is 1. The molecule has 3 aliphatic rings. The van der Waals surface area contributed by atoms with E-state index in [1.54, 1.807) is 0 Å². The van der Waals surface area contributed by atoms with Gasteiger partial charge in [0.15, 0.2) is 0 Å². The minimum Gasteiger partial charge on any atom is -0.372 e. The lowest BCUT2D eigenvalue weighted by Gasteiger charge is -2.38. The molecule has 4 nitrogen and oxygen atoms in total. The van der Waals surface area contributed by atoms with Gasteiger partial charge in [-0.25, -0.2) is 0 Å². The lowest BCUT2D eigenvalue weighted by Crippen LogP contribution is -2.59. The highest BCUT2D eigenvalue weighted by molar-refractivity contribution is 5.76. The molecule has 0 aliphatic carbocycles. The summed E-state index contributed by atoms with van der Waals surface area (Å²) < 4.78 is 5.82. The van der Waals surface area contributed by atoms with Crippen LogP contribution in [0, 0.1) is 5.92 Å². The Bertz CT molecular complexity index is 283. The minimum atomic E-state index is 0.0932. The topological polar surface area (TPSA) is 41.6 Å². The van der Waals surface area contributed by atoms with Crippen molar-refractivity contribution in [2.24, 2.45) is 5.92 Å². The maximum Gasteiger partial charge on any atom is 0.222 e. The number of ether oxygens (including phenoxy) is 1. The second-order valence-corrected chi connectivity index (χ2v) is 5.46. The van der Waals surface area contributed by atoms with Crippen molar-refractivity contribution in [3.63, 3.8) is 0 Å². The number of nitrogens with one attached hydrogen (secondary N) is 1. The lowest BCUT2D eigenvalue weighted by molar-refractivity contribution is -0.131. The molecular weight excluding hydrogens is 204 g/mol. The molecule has 1 atom stereocenters. The first-order valence-corrected chi connectivity index (χ1v) is 6.40. The Balaban J connectivity index is 1.50. The van der Waals surface area contributed by atoms with Crippen LogP contribution in [-0.4, -0.2) is 49.2 Å². The molecule has 1 amide bonds. The van der Waals surface area contributed by atoms with Crippen LogP contribution in [0.25, 0.3) is 0 Å². The number of likely N-dealkylation sites (tertiary alicyclic amines) is 1. The average molecular weight is 224 g/mol. The van der Waals surface area contributed by atoms with Crippen molar-refractivity contribution < 1.29 is 9.53 Å². The summed E-state index contributed by atoms with van der Waals surface area (Å²) in [6.45, 7) is 4.67. The molecule has 3 saturated heterocycles. The van der Waals surface area contributed by atoms with Gasteiger partial charge in [-0.05, 0) is 25.2 Å². The molecule has 0 aromatic carbocycles. The zero-order chi connectivity index (χ0) is 11.0. The highest BCUT2D eigenvalue weighted by Crippen LogP contribution is 2.35. The fourth-order valence-electron chi connectivity index (χ4n) is 3.06. The Morgan fingerprint density at radius 1 is 1.38 bits per heavy atom. The second-order valence-electron chi connectivity index (χ2n) is 5.46. The first-order valence-electron chi connectivity index (χ1n) is 6.40. The smallest absolute Gasteiger partial charge is 0.222 e. The normalized spacial score (nSPS) is 32.0. The third-order valence-electron chi connectivity index (χ3n) is 4.10. The predicted molar refractivity (Wildman–Crippen MR) is 60.1 cm³/mol. The Labute approximate surface area is 96.3 Å². The maximum absolute atomic E-state index is 12.0. The number of hydrogen-bond acceptors (Lipinski definition) is 3. The Hall–Kier alpha value is -0.610. The van der Waals surface area contributed by atoms with Gasteiger partial charge in [0, 0.05) is 32.6 Å². The van der Waals surface area contributed by atoms with Crippen molar-refractivity contribution in [3.8, 4) is 0 Å². The van der Waals surface area contributed by atoms with Crippen LogP contribution in [0.2, 0.25) is 0 Å². The van der Waals surface area contributed by atoms with E-state index in [4.69, 9.17) is 4.74 Å². The van der Waals surface area contributed by atoms with Gasteiger partial charge in [0.1, 0.15) is 0 Å².